The summed E-state index contributed by atoms with van der Waals surface area (Å²) in [6.45, 7) is 1.33. The molecule has 0 aromatic heterocycles. The van der Waals surface area contributed by atoms with Crippen molar-refractivity contribution in [2.75, 3.05) is 18.5 Å². The Morgan fingerprint density at radius 3 is 2.58 bits per heavy atom. The fraction of sp³-hybridized carbons (Fsp3) is 0.238. The van der Waals surface area contributed by atoms with Crippen molar-refractivity contribution in [2.45, 2.75) is 19.4 Å². The molecule has 1 saturated heterocycles. The van der Waals surface area contributed by atoms with Crippen molar-refractivity contribution < 1.29 is 9.59 Å². The minimum atomic E-state index is -0.0560. The zero-order chi connectivity index (χ0) is 18.5. The number of amides is 2. The highest BCUT2D eigenvalue weighted by Gasteiger charge is 2.21. The molecule has 1 aliphatic heterocycles. The lowest BCUT2D eigenvalue weighted by atomic mass is 10.1. The SMILES string of the molecule is CN(Cc1ccccc1Br)C(=O)/C=C/c1ccc(N2CCCC2=O)cc1. The second kappa shape index (κ2) is 8.32. The fourth-order valence-corrected chi connectivity index (χ4v) is 3.35. The second-order valence-corrected chi connectivity index (χ2v) is 7.21. The van der Waals surface area contributed by atoms with Crippen LogP contribution in [0.15, 0.2) is 59.1 Å². The molecule has 0 saturated carbocycles. The number of benzene rings is 2. The van der Waals surface area contributed by atoms with Crippen molar-refractivity contribution in [2.24, 2.45) is 0 Å². The number of hydrogen-bond acceptors (Lipinski definition) is 2. The molecule has 2 aromatic rings. The van der Waals surface area contributed by atoms with Crippen molar-refractivity contribution >= 4 is 39.5 Å². The summed E-state index contributed by atoms with van der Waals surface area (Å²) in [6.07, 6.45) is 4.92. The van der Waals surface area contributed by atoms with E-state index in [9.17, 15) is 9.59 Å². The van der Waals surface area contributed by atoms with E-state index in [2.05, 4.69) is 15.9 Å². The average Bonchev–Trinajstić information content (AvgIpc) is 3.08. The zero-order valence-corrected chi connectivity index (χ0v) is 16.3. The van der Waals surface area contributed by atoms with Crippen LogP contribution in [0, 0.1) is 0 Å². The van der Waals surface area contributed by atoms with Crippen LogP contribution >= 0.6 is 15.9 Å². The van der Waals surface area contributed by atoms with E-state index >= 15 is 0 Å². The third-order valence-corrected chi connectivity index (χ3v) is 5.21. The van der Waals surface area contributed by atoms with Crippen LogP contribution in [0.1, 0.15) is 24.0 Å². The average molecular weight is 413 g/mol. The van der Waals surface area contributed by atoms with E-state index in [-0.39, 0.29) is 11.8 Å². The predicted octanol–water partition coefficient (Wildman–Crippen LogP) is 4.25. The molecule has 4 nitrogen and oxygen atoms in total. The number of carbonyl (C=O) groups is 2. The summed E-state index contributed by atoms with van der Waals surface area (Å²) < 4.78 is 0.996. The molecular weight excluding hydrogens is 392 g/mol. The van der Waals surface area contributed by atoms with Gasteiger partial charge < -0.3 is 9.80 Å². The minimum absolute atomic E-state index is 0.0560. The number of anilines is 1. The first-order valence-electron chi connectivity index (χ1n) is 8.61. The van der Waals surface area contributed by atoms with Crippen molar-refractivity contribution in [1.82, 2.24) is 4.90 Å². The molecule has 0 atom stereocenters. The summed E-state index contributed by atoms with van der Waals surface area (Å²) in [6, 6.07) is 15.6. The third kappa shape index (κ3) is 4.41. The largest absolute Gasteiger partial charge is 0.338 e. The van der Waals surface area contributed by atoms with Crippen LogP contribution in [0.2, 0.25) is 0 Å². The topological polar surface area (TPSA) is 40.6 Å². The molecular formula is C21H21BrN2O2. The van der Waals surface area contributed by atoms with Gasteiger partial charge in [-0.05, 0) is 41.8 Å². The molecule has 0 aliphatic carbocycles. The number of hydrogen-bond donors (Lipinski definition) is 0. The predicted molar refractivity (Wildman–Crippen MR) is 108 cm³/mol. The summed E-state index contributed by atoms with van der Waals surface area (Å²) in [4.78, 5) is 27.6. The lowest BCUT2D eigenvalue weighted by Crippen LogP contribution is -2.24. The van der Waals surface area contributed by atoms with Crippen LogP contribution in [-0.2, 0) is 16.1 Å². The van der Waals surface area contributed by atoms with Gasteiger partial charge in [0.05, 0.1) is 0 Å². The molecule has 0 radical (unpaired) electrons. The van der Waals surface area contributed by atoms with Gasteiger partial charge in [-0.3, -0.25) is 9.59 Å². The van der Waals surface area contributed by atoms with Crippen molar-refractivity contribution in [3.63, 3.8) is 0 Å². The van der Waals surface area contributed by atoms with Crippen LogP contribution in [-0.4, -0.2) is 30.3 Å². The van der Waals surface area contributed by atoms with Gasteiger partial charge in [0.15, 0.2) is 0 Å². The lowest BCUT2D eigenvalue weighted by molar-refractivity contribution is -0.125. The molecule has 0 unspecified atom stereocenters. The number of likely N-dealkylation sites (N-methyl/N-ethyl adjacent to an activating group) is 1. The Labute approximate surface area is 162 Å². The van der Waals surface area contributed by atoms with E-state index in [4.69, 9.17) is 0 Å². The van der Waals surface area contributed by atoms with Gasteiger partial charge in [-0.2, -0.15) is 0 Å². The molecule has 2 aromatic carbocycles. The van der Waals surface area contributed by atoms with Crippen molar-refractivity contribution in [1.29, 1.82) is 0 Å². The maximum atomic E-state index is 12.3. The first-order chi connectivity index (χ1) is 12.5. The smallest absolute Gasteiger partial charge is 0.246 e. The van der Waals surface area contributed by atoms with E-state index in [0.717, 1.165) is 34.3 Å². The number of halogens is 1. The molecule has 0 spiro atoms. The fourth-order valence-electron chi connectivity index (χ4n) is 2.94. The molecule has 134 valence electrons. The Morgan fingerprint density at radius 1 is 1.19 bits per heavy atom. The van der Waals surface area contributed by atoms with Crippen LogP contribution in [0.4, 0.5) is 5.69 Å². The molecule has 0 N–H and O–H groups in total. The van der Waals surface area contributed by atoms with E-state index in [0.29, 0.717) is 13.0 Å². The molecule has 5 heteroatoms. The van der Waals surface area contributed by atoms with Gasteiger partial charge in [-0.15, -0.1) is 0 Å². The first-order valence-corrected chi connectivity index (χ1v) is 9.41. The first kappa shape index (κ1) is 18.4. The van der Waals surface area contributed by atoms with Crippen molar-refractivity contribution in [3.05, 3.63) is 70.2 Å². The zero-order valence-electron chi connectivity index (χ0n) is 14.7. The second-order valence-electron chi connectivity index (χ2n) is 6.36. The molecule has 2 amide bonds. The summed E-state index contributed by atoms with van der Waals surface area (Å²) in [7, 11) is 1.79. The van der Waals surface area contributed by atoms with Gasteiger partial charge >= 0.3 is 0 Å². The van der Waals surface area contributed by atoms with Gasteiger partial charge in [-0.1, -0.05) is 46.3 Å². The lowest BCUT2D eigenvalue weighted by Gasteiger charge is -2.16. The molecule has 3 rings (SSSR count). The van der Waals surface area contributed by atoms with Crippen LogP contribution in [0.5, 0.6) is 0 Å². The van der Waals surface area contributed by atoms with E-state index in [1.165, 1.54) is 0 Å². The Balaban J connectivity index is 1.61. The molecule has 0 bridgehead atoms. The van der Waals surface area contributed by atoms with Gasteiger partial charge in [-0.25, -0.2) is 0 Å². The summed E-state index contributed by atoms with van der Waals surface area (Å²) >= 11 is 3.50. The van der Waals surface area contributed by atoms with Crippen molar-refractivity contribution in [3.8, 4) is 0 Å². The van der Waals surface area contributed by atoms with Crippen LogP contribution in [0.25, 0.3) is 6.08 Å². The maximum absolute atomic E-state index is 12.3. The van der Waals surface area contributed by atoms with Gasteiger partial charge in [0.25, 0.3) is 0 Å². The Kier molecular flexibility index (Phi) is 5.89. The number of nitrogens with zero attached hydrogens (tertiary/aromatic N) is 2. The molecule has 26 heavy (non-hydrogen) atoms. The summed E-state index contributed by atoms with van der Waals surface area (Å²) in [5.41, 5.74) is 2.92. The molecule has 1 fully saturated rings. The van der Waals surface area contributed by atoms with Gasteiger partial charge in [0.1, 0.15) is 0 Å². The standard InChI is InChI=1S/C21H21BrN2O2/c1-23(15-17-5-2-3-6-19(17)22)20(25)13-10-16-8-11-18(12-9-16)24-14-4-7-21(24)26/h2-3,5-6,8-13H,4,7,14-15H2,1H3/b13-10+. The van der Waals surface area contributed by atoms with E-state index < -0.39 is 0 Å². The quantitative estimate of drug-likeness (QED) is 0.688. The Bertz CT molecular complexity index is 830. The highest BCUT2D eigenvalue weighted by atomic mass is 79.9. The van der Waals surface area contributed by atoms with E-state index in [1.807, 2.05) is 53.4 Å². The van der Waals surface area contributed by atoms with Crippen LogP contribution in [0.3, 0.4) is 0 Å². The highest BCUT2D eigenvalue weighted by Crippen LogP contribution is 2.22. The minimum Gasteiger partial charge on any atom is -0.338 e. The maximum Gasteiger partial charge on any atom is 0.246 e. The number of rotatable bonds is 5. The molecule has 1 heterocycles. The van der Waals surface area contributed by atoms with E-state index in [1.54, 1.807) is 24.1 Å². The highest BCUT2D eigenvalue weighted by molar-refractivity contribution is 9.10. The molecule has 1 aliphatic rings. The number of carbonyl (C=O) groups excluding carboxylic acids is 2. The normalized spacial score (nSPS) is 14.2. The van der Waals surface area contributed by atoms with Crippen LogP contribution < -0.4 is 4.90 Å². The van der Waals surface area contributed by atoms with Gasteiger partial charge in [0.2, 0.25) is 11.8 Å². The monoisotopic (exact) mass is 412 g/mol. The Morgan fingerprint density at radius 2 is 1.92 bits per heavy atom. The van der Waals surface area contributed by atoms with Gasteiger partial charge in [0, 0.05) is 42.8 Å². The summed E-state index contributed by atoms with van der Waals surface area (Å²) in [5.74, 6) is 0.122. The summed E-state index contributed by atoms with van der Waals surface area (Å²) in [5, 5.41) is 0. The Hall–Kier alpha value is -2.40. The third-order valence-electron chi connectivity index (χ3n) is 4.44.